The first-order valence-electron chi connectivity index (χ1n) is 4.85. The summed E-state index contributed by atoms with van der Waals surface area (Å²) in [6.45, 7) is 2.82. The maximum Gasteiger partial charge on any atom is 0.321 e. The van der Waals surface area contributed by atoms with Gasteiger partial charge in [-0.25, -0.2) is 13.1 Å². The van der Waals surface area contributed by atoms with Crippen LogP contribution < -0.4 is 4.72 Å². The largest absolute Gasteiger partial charge is 0.460 e. The van der Waals surface area contributed by atoms with E-state index in [9.17, 15) is 13.2 Å². The average molecular weight is 255 g/mol. The van der Waals surface area contributed by atoms with Crippen molar-refractivity contribution in [2.24, 2.45) is 0 Å². The third-order valence-electron chi connectivity index (χ3n) is 1.88. The number of hydrogen-bond donors (Lipinski definition) is 1. The SMILES string of the molecule is C=CS(=O)(=O)NCC(=O)OCc1ccccc1. The van der Waals surface area contributed by atoms with Crippen LogP contribution in [0, 0.1) is 0 Å². The molecule has 0 saturated carbocycles. The van der Waals surface area contributed by atoms with Gasteiger partial charge >= 0.3 is 5.97 Å². The maximum atomic E-state index is 11.2. The van der Waals surface area contributed by atoms with E-state index in [1.807, 2.05) is 22.9 Å². The van der Waals surface area contributed by atoms with Gasteiger partial charge in [0.05, 0.1) is 0 Å². The Balaban J connectivity index is 2.34. The predicted molar refractivity (Wildman–Crippen MR) is 63.4 cm³/mol. The zero-order valence-corrected chi connectivity index (χ0v) is 9.94. The quantitative estimate of drug-likeness (QED) is 0.763. The summed E-state index contributed by atoms with van der Waals surface area (Å²) in [4.78, 5) is 11.2. The van der Waals surface area contributed by atoms with E-state index in [1.165, 1.54) is 0 Å². The highest BCUT2D eigenvalue weighted by atomic mass is 32.2. The molecule has 92 valence electrons. The molecule has 6 heteroatoms. The molecule has 0 aliphatic rings. The van der Waals surface area contributed by atoms with Gasteiger partial charge in [-0.2, -0.15) is 0 Å². The van der Waals surface area contributed by atoms with Crippen molar-refractivity contribution in [1.82, 2.24) is 4.72 Å². The first-order valence-corrected chi connectivity index (χ1v) is 6.40. The minimum atomic E-state index is -3.58. The molecule has 0 aliphatic heterocycles. The van der Waals surface area contributed by atoms with Crippen LogP contribution in [0.3, 0.4) is 0 Å². The molecule has 1 rings (SSSR count). The van der Waals surface area contributed by atoms with Crippen LogP contribution in [0.25, 0.3) is 0 Å². The molecule has 5 nitrogen and oxygen atoms in total. The third kappa shape index (κ3) is 5.28. The number of ether oxygens (including phenoxy) is 1. The van der Waals surface area contributed by atoms with Crippen molar-refractivity contribution in [1.29, 1.82) is 0 Å². The van der Waals surface area contributed by atoms with Gasteiger partial charge in [0.2, 0.25) is 10.0 Å². The van der Waals surface area contributed by atoms with Crippen molar-refractivity contribution in [2.75, 3.05) is 6.54 Å². The monoisotopic (exact) mass is 255 g/mol. The van der Waals surface area contributed by atoms with E-state index in [-0.39, 0.29) is 6.61 Å². The molecular weight excluding hydrogens is 242 g/mol. The van der Waals surface area contributed by atoms with Crippen molar-refractivity contribution in [3.8, 4) is 0 Å². The van der Waals surface area contributed by atoms with Gasteiger partial charge in [0.25, 0.3) is 0 Å². The van der Waals surface area contributed by atoms with Crippen LogP contribution in [-0.2, 0) is 26.2 Å². The number of sulfonamides is 1. The second-order valence-corrected chi connectivity index (χ2v) is 4.89. The zero-order valence-electron chi connectivity index (χ0n) is 9.13. The van der Waals surface area contributed by atoms with Crippen LogP contribution >= 0.6 is 0 Å². The van der Waals surface area contributed by atoms with E-state index < -0.39 is 22.5 Å². The molecule has 0 aliphatic carbocycles. The Morgan fingerprint density at radius 1 is 1.35 bits per heavy atom. The van der Waals surface area contributed by atoms with Crippen LogP contribution in [0.2, 0.25) is 0 Å². The van der Waals surface area contributed by atoms with Crippen LogP contribution in [0.5, 0.6) is 0 Å². The number of nitrogens with one attached hydrogen (secondary N) is 1. The van der Waals surface area contributed by atoms with Crippen molar-refractivity contribution in [2.45, 2.75) is 6.61 Å². The summed E-state index contributed by atoms with van der Waals surface area (Å²) in [6.07, 6.45) is 0. The highest BCUT2D eigenvalue weighted by molar-refractivity contribution is 7.92. The summed E-state index contributed by atoms with van der Waals surface area (Å²) in [5.74, 6) is -0.640. The Bertz CT molecular complexity index is 481. The third-order valence-corrected chi connectivity index (χ3v) is 2.87. The standard InChI is InChI=1S/C11H13NO4S/c1-2-17(14,15)12-8-11(13)16-9-10-6-4-3-5-7-10/h2-7,12H,1,8-9H2. The first-order chi connectivity index (χ1) is 8.03. The molecular formula is C11H13NO4S. The fourth-order valence-electron chi connectivity index (χ4n) is 1.01. The lowest BCUT2D eigenvalue weighted by Crippen LogP contribution is -2.28. The second kappa shape index (κ2) is 6.17. The molecule has 0 heterocycles. The number of hydrogen-bond acceptors (Lipinski definition) is 4. The fourth-order valence-corrected chi connectivity index (χ4v) is 1.44. The molecule has 0 aromatic heterocycles. The van der Waals surface area contributed by atoms with E-state index >= 15 is 0 Å². The van der Waals surface area contributed by atoms with Crippen molar-refractivity contribution in [3.05, 3.63) is 47.9 Å². The molecule has 0 radical (unpaired) electrons. The molecule has 0 amide bonds. The van der Waals surface area contributed by atoms with E-state index in [0.717, 1.165) is 11.0 Å². The van der Waals surface area contributed by atoms with Gasteiger partial charge in [-0.1, -0.05) is 36.9 Å². The Morgan fingerprint density at radius 3 is 2.59 bits per heavy atom. The van der Waals surface area contributed by atoms with E-state index in [1.54, 1.807) is 12.1 Å². The number of benzene rings is 1. The molecule has 1 N–H and O–H groups in total. The van der Waals surface area contributed by atoms with Gasteiger partial charge in [0.15, 0.2) is 0 Å². The van der Waals surface area contributed by atoms with Gasteiger partial charge in [-0.05, 0) is 5.56 Å². The Hall–Kier alpha value is -1.66. The highest BCUT2D eigenvalue weighted by Gasteiger charge is 2.08. The summed E-state index contributed by atoms with van der Waals surface area (Å²) in [5.41, 5.74) is 0.840. The lowest BCUT2D eigenvalue weighted by Gasteiger charge is -2.05. The Kier molecular flexibility index (Phi) is 4.86. The van der Waals surface area contributed by atoms with Crippen molar-refractivity contribution >= 4 is 16.0 Å². The van der Waals surface area contributed by atoms with E-state index in [2.05, 4.69) is 6.58 Å². The molecule has 0 fully saturated rings. The second-order valence-electron chi connectivity index (χ2n) is 3.18. The lowest BCUT2D eigenvalue weighted by molar-refractivity contribution is -0.143. The van der Waals surface area contributed by atoms with Crippen LogP contribution in [-0.4, -0.2) is 20.9 Å². The molecule has 0 bridgehead atoms. The Labute approximate surface area is 100 Å². The van der Waals surface area contributed by atoms with E-state index in [4.69, 9.17) is 4.74 Å². The normalized spacial score (nSPS) is 10.8. The molecule has 0 saturated heterocycles. The van der Waals surface area contributed by atoms with Gasteiger partial charge < -0.3 is 4.74 Å². The Morgan fingerprint density at radius 2 is 2.00 bits per heavy atom. The summed E-state index contributed by atoms with van der Waals surface area (Å²) in [6, 6.07) is 9.11. The number of carbonyl (C=O) groups excluding carboxylic acids is 1. The average Bonchev–Trinajstić information content (AvgIpc) is 2.35. The number of carbonyl (C=O) groups is 1. The van der Waals surface area contributed by atoms with Crippen molar-refractivity contribution in [3.63, 3.8) is 0 Å². The minimum absolute atomic E-state index is 0.121. The van der Waals surface area contributed by atoms with Crippen LogP contribution in [0.15, 0.2) is 42.3 Å². The minimum Gasteiger partial charge on any atom is -0.460 e. The summed E-state index contributed by atoms with van der Waals surface area (Å²) in [7, 11) is -3.58. The molecule has 0 spiro atoms. The van der Waals surface area contributed by atoms with Crippen LogP contribution in [0.4, 0.5) is 0 Å². The first kappa shape index (κ1) is 13.4. The van der Waals surface area contributed by atoms with Gasteiger partial charge in [0, 0.05) is 5.41 Å². The topological polar surface area (TPSA) is 72.5 Å². The molecule has 1 aromatic carbocycles. The predicted octanol–water partition coefficient (Wildman–Crippen LogP) is 0.793. The number of esters is 1. The number of rotatable bonds is 6. The summed E-state index contributed by atoms with van der Waals surface area (Å²) in [5, 5.41) is 0.734. The fraction of sp³-hybridized carbons (Fsp3) is 0.182. The molecule has 17 heavy (non-hydrogen) atoms. The van der Waals surface area contributed by atoms with Crippen LogP contribution in [0.1, 0.15) is 5.56 Å². The smallest absolute Gasteiger partial charge is 0.321 e. The van der Waals surface area contributed by atoms with Gasteiger partial charge in [0.1, 0.15) is 13.2 Å². The maximum absolute atomic E-state index is 11.2. The highest BCUT2D eigenvalue weighted by Crippen LogP contribution is 2.00. The van der Waals surface area contributed by atoms with Gasteiger partial charge in [-0.3, -0.25) is 4.79 Å². The van der Waals surface area contributed by atoms with E-state index in [0.29, 0.717) is 0 Å². The molecule has 0 atom stereocenters. The zero-order chi connectivity index (χ0) is 12.7. The van der Waals surface area contributed by atoms with Gasteiger partial charge in [-0.15, -0.1) is 0 Å². The summed E-state index contributed by atoms with van der Waals surface area (Å²) < 4.78 is 28.8. The molecule has 0 unspecified atom stereocenters. The lowest BCUT2D eigenvalue weighted by atomic mass is 10.2. The molecule has 1 aromatic rings. The summed E-state index contributed by atoms with van der Waals surface area (Å²) >= 11 is 0. The van der Waals surface area contributed by atoms with Crippen molar-refractivity contribution < 1.29 is 17.9 Å².